The summed E-state index contributed by atoms with van der Waals surface area (Å²) in [5.41, 5.74) is 1.68. The van der Waals surface area contributed by atoms with Crippen molar-refractivity contribution in [3.8, 4) is 17.1 Å². The van der Waals surface area contributed by atoms with Crippen LogP contribution in [0.15, 0.2) is 42.6 Å². The van der Waals surface area contributed by atoms with Gasteiger partial charge in [0.2, 0.25) is 0 Å². The van der Waals surface area contributed by atoms with Gasteiger partial charge in [-0.15, -0.1) is 0 Å². The molecule has 0 fully saturated rings. The second kappa shape index (κ2) is 5.27. The first-order valence-corrected chi connectivity index (χ1v) is 6.69. The normalized spacial score (nSPS) is 10.8. The van der Waals surface area contributed by atoms with Crippen molar-refractivity contribution in [1.29, 1.82) is 0 Å². The van der Waals surface area contributed by atoms with Gasteiger partial charge in [-0.25, -0.2) is 9.97 Å². The third-order valence-corrected chi connectivity index (χ3v) is 3.70. The largest absolute Gasteiger partial charge is 0.497 e. The van der Waals surface area contributed by atoms with Crippen molar-refractivity contribution in [3.63, 3.8) is 0 Å². The Morgan fingerprint density at radius 2 is 1.85 bits per heavy atom. The minimum absolute atomic E-state index is 0.489. The van der Waals surface area contributed by atoms with Crippen molar-refractivity contribution in [1.82, 2.24) is 9.97 Å². The standard InChI is InChI=1S/C15H10Cl2N2O/c1-20-11-3-5-14-10(6-11)8-18-15(19-14)9-2-4-12(16)13(17)7-9/h2-8H,1H3. The van der Waals surface area contributed by atoms with Crippen LogP contribution < -0.4 is 4.74 Å². The molecule has 0 radical (unpaired) electrons. The van der Waals surface area contributed by atoms with E-state index in [2.05, 4.69) is 9.97 Å². The molecule has 3 nitrogen and oxygen atoms in total. The van der Waals surface area contributed by atoms with Gasteiger partial charge in [0.05, 0.1) is 22.7 Å². The highest BCUT2D eigenvalue weighted by atomic mass is 35.5. The van der Waals surface area contributed by atoms with Gasteiger partial charge in [0, 0.05) is 17.1 Å². The SMILES string of the molecule is COc1ccc2nc(-c3ccc(Cl)c(Cl)c3)ncc2c1. The fourth-order valence-corrected chi connectivity index (χ4v) is 2.21. The number of hydrogen-bond donors (Lipinski definition) is 0. The third kappa shape index (κ3) is 2.42. The molecule has 0 amide bonds. The van der Waals surface area contributed by atoms with Gasteiger partial charge in [-0.05, 0) is 36.4 Å². The van der Waals surface area contributed by atoms with E-state index in [0.29, 0.717) is 15.9 Å². The zero-order valence-electron chi connectivity index (χ0n) is 10.6. The van der Waals surface area contributed by atoms with Gasteiger partial charge in [-0.2, -0.15) is 0 Å². The van der Waals surface area contributed by atoms with E-state index in [1.807, 2.05) is 24.3 Å². The number of methoxy groups -OCH3 is 1. The molecule has 0 aliphatic carbocycles. The summed E-state index contributed by atoms with van der Waals surface area (Å²) in [5, 5.41) is 1.93. The van der Waals surface area contributed by atoms with E-state index >= 15 is 0 Å². The number of halogens is 2. The fraction of sp³-hybridized carbons (Fsp3) is 0.0667. The molecule has 0 aliphatic rings. The van der Waals surface area contributed by atoms with Crippen LogP contribution in [0.5, 0.6) is 5.75 Å². The molecule has 3 aromatic rings. The maximum atomic E-state index is 6.02. The lowest BCUT2D eigenvalue weighted by Crippen LogP contribution is -1.91. The quantitative estimate of drug-likeness (QED) is 0.693. The first-order chi connectivity index (χ1) is 9.67. The highest BCUT2D eigenvalue weighted by Gasteiger charge is 2.06. The number of hydrogen-bond acceptors (Lipinski definition) is 3. The van der Waals surface area contributed by atoms with Crippen LogP contribution in [-0.2, 0) is 0 Å². The van der Waals surface area contributed by atoms with Crippen LogP contribution in [0.25, 0.3) is 22.3 Å². The molecule has 3 rings (SSSR count). The van der Waals surface area contributed by atoms with Crippen LogP contribution in [0.2, 0.25) is 10.0 Å². The molecule has 1 aromatic heterocycles. The summed E-state index contributed by atoms with van der Waals surface area (Å²) in [6.45, 7) is 0. The summed E-state index contributed by atoms with van der Waals surface area (Å²) in [6, 6.07) is 11.0. The number of fused-ring (bicyclic) bond motifs is 1. The summed E-state index contributed by atoms with van der Waals surface area (Å²) >= 11 is 11.9. The Morgan fingerprint density at radius 1 is 1.00 bits per heavy atom. The second-order valence-electron chi connectivity index (χ2n) is 4.25. The average Bonchev–Trinajstić information content (AvgIpc) is 2.49. The van der Waals surface area contributed by atoms with Crippen molar-refractivity contribution in [2.24, 2.45) is 0 Å². The van der Waals surface area contributed by atoms with Crippen molar-refractivity contribution in [3.05, 3.63) is 52.6 Å². The van der Waals surface area contributed by atoms with Gasteiger partial charge in [-0.3, -0.25) is 0 Å². The zero-order valence-corrected chi connectivity index (χ0v) is 12.1. The lowest BCUT2D eigenvalue weighted by Gasteiger charge is -2.05. The maximum absolute atomic E-state index is 6.02. The molecular formula is C15H10Cl2N2O. The van der Waals surface area contributed by atoms with Crippen LogP contribution in [0, 0.1) is 0 Å². The van der Waals surface area contributed by atoms with Gasteiger partial charge in [0.15, 0.2) is 5.82 Å². The van der Waals surface area contributed by atoms with Crippen LogP contribution in [-0.4, -0.2) is 17.1 Å². The first kappa shape index (κ1) is 13.2. The number of benzene rings is 2. The van der Waals surface area contributed by atoms with Crippen molar-refractivity contribution in [2.75, 3.05) is 7.11 Å². The molecule has 0 bridgehead atoms. The number of nitrogens with zero attached hydrogens (tertiary/aromatic N) is 2. The van der Waals surface area contributed by atoms with Crippen molar-refractivity contribution in [2.45, 2.75) is 0 Å². The van der Waals surface area contributed by atoms with E-state index in [1.54, 1.807) is 25.4 Å². The van der Waals surface area contributed by atoms with Crippen molar-refractivity contribution >= 4 is 34.1 Å². The Labute approximate surface area is 126 Å². The lowest BCUT2D eigenvalue weighted by atomic mass is 10.2. The predicted octanol–water partition coefficient (Wildman–Crippen LogP) is 4.61. The molecule has 1 heterocycles. The fourth-order valence-electron chi connectivity index (χ4n) is 1.91. The highest BCUT2D eigenvalue weighted by Crippen LogP contribution is 2.28. The molecule has 20 heavy (non-hydrogen) atoms. The van der Waals surface area contributed by atoms with Gasteiger partial charge in [0.25, 0.3) is 0 Å². The molecule has 0 spiro atoms. The lowest BCUT2D eigenvalue weighted by molar-refractivity contribution is 0.415. The molecule has 100 valence electrons. The molecule has 0 saturated heterocycles. The smallest absolute Gasteiger partial charge is 0.159 e. The van der Waals surface area contributed by atoms with E-state index in [9.17, 15) is 0 Å². The molecule has 0 saturated carbocycles. The van der Waals surface area contributed by atoms with Crippen LogP contribution >= 0.6 is 23.2 Å². The number of aromatic nitrogens is 2. The summed E-state index contributed by atoms with van der Waals surface area (Å²) in [7, 11) is 1.63. The van der Waals surface area contributed by atoms with Crippen LogP contribution in [0.4, 0.5) is 0 Å². The summed E-state index contributed by atoms with van der Waals surface area (Å²) in [6.07, 6.45) is 1.77. The monoisotopic (exact) mass is 304 g/mol. The third-order valence-electron chi connectivity index (χ3n) is 2.96. The molecule has 0 aliphatic heterocycles. The minimum atomic E-state index is 0.489. The average molecular weight is 305 g/mol. The Morgan fingerprint density at radius 3 is 2.60 bits per heavy atom. The zero-order chi connectivity index (χ0) is 14.1. The number of rotatable bonds is 2. The van der Waals surface area contributed by atoms with E-state index < -0.39 is 0 Å². The molecular weight excluding hydrogens is 295 g/mol. The van der Waals surface area contributed by atoms with E-state index in [4.69, 9.17) is 27.9 Å². The van der Waals surface area contributed by atoms with Gasteiger partial charge in [0.1, 0.15) is 5.75 Å². The van der Waals surface area contributed by atoms with Crippen LogP contribution in [0.1, 0.15) is 0 Å². The maximum Gasteiger partial charge on any atom is 0.159 e. The second-order valence-corrected chi connectivity index (χ2v) is 5.06. The number of ether oxygens (including phenoxy) is 1. The Hall–Kier alpha value is -1.84. The topological polar surface area (TPSA) is 35.0 Å². The molecule has 5 heteroatoms. The Balaban J connectivity index is 2.10. The molecule has 0 unspecified atom stereocenters. The molecule has 0 N–H and O–H groups in total. The minimum Gasteiger partial charge on any atom is -0.497 e. The van der Waals surface area contributed by atoms with Crippen molar-refractivity contribution < 1.29 is 4.74 Å². The summed E-state index contributed by atoms with van der Waals surface area (Å²) in [5.74, 6) is 1.39. The summed E-state index contributed by atoms with van der Waals surface area (Å²) < 4.78 is 5.18. The van der Waals surface area contributed by atoms with Crippen LogP contribution in [0.3, 0.4) is 0 Å². The van der Waals surface area contributed by atoms with E-state index in [0.717, 1.165) is 22.2 Å². The van der Waals surface area contributed by atoms with E-state index in [-0.39, 0.29) is 0 Å². The Bertz CT molecular complexity index is 790. The molecule has 2 aromatic carbocycles. The van der Waals surface area contributed by atoms with Gasteiger partial charge >= 0.3 is 0 Å². The first-order valence-electron chi connectivity index (χ1n) is 5.93. The van der Waals surface area contributed by atoms with Gasteiger partial charge < -0.3 is 4.74 Å². The molecule has 0 atom stereocenters. The van der Waals surface area contributed by atoms with E-state index in [1.165, 1.54) is 0 Å². The highest BCUT2D eigenvalue weighted by molar-refractivity contribution is 6.42. The van der Waals surface area contributed by atoms with Gasteiger partial charge in [-0.1, -0.05) is 23.2 Å². The predicted molar refractivity (Wildman–Crippen MR) is 81.5 cm³/mol. The Kier molecular flexibility index (Phi) is 3.47. The summed E-state index contributed by atoms with van der Waals surface area (Å²) in [4.78, 5) is 8.88.